The molecule has 1 aromatic rings. The molecular formula is C9H8F3NO2. The third-order valence-corrected chi connectivity index (χ3v) is 1.56. The Balaban J connectivity index is 2.81. The molecule has 0 saturated carbocycles. The van der Waals surface area contributed by atoms with E-state index in [0.29, 0.717) is 0 Å². The van der Waals surface area contributed by atoms with Gasteiger partial charge in [-0.1, -0.05) is 0 Å². The highest BCUT2D eigenvalue weighted by atomic mass is 19.4. The SMILES string of the molecule is CC(=O)c1ccncc1OCC(F)(F)F. The summed E-state index contributed by atoms with van der Waals surface area (Å²) >= 11 is 0. The molecule has 0 saturated heterocycles. The smallest absolute Gasteiger partial charge is 0.422 e. The highest BCUT2D eigenvalue weighted by Crippen LogP contribution is 2.21. The molecule has 0 atom stereocenters. The van der Waals surface area contributed by atoms with Crippen LogP contribution in [0.2, 0.25) is 0 Å². The first-order chi connectivity index (χ1) is 6.90. The standard InChI is InChI=1S/C9H8F3NO2/c1-6(14)7-2-3-13-4-8(7)15-5-9(10,11)12/h2-4H,5H2,1H3. The molecule has 0 aromatic carbocycles. The van der Waals surface area contributed by atoms with E-state index in [1.165, 1.54) is 19.2 Å². The second-order valence-electron chi connectivity index (χ2n) is 2.83. The number of hydrogen-bond acceptors (Lipinski definition) is 3. The lowest BCUT2D eigenvalue weighted by molar-refractivity contribution is -0.153. The van der Waals surface area contributed by atoms with E-state index in [9.17, 15) is 18.0 Å². The molecule has 82 valence electrons. The molecule has 15 heavy (non-hydrogen) atoms. The Morgan fingerprint density at radius 1 is 1.53 bits per heavy atom. The molecule has 0 unspecified atom stereocenters. The van der Waals surface area contributed by atoms with Crippen LogP contribution < -0.4 is 4.74 Å². The number of ether oxygens (including phenoxy) is 1. The van der Waals surface area contributed by atoms with Crippen LogP contribution in [0.4, 0.5) is 13.2 Å². The Morgan fingerprint density at radius 3 is 2.73 bits per heavy atom. The number of aromatic nitrogens is 1. The maximum Gasteiger partial charge on any atom is 0.422 e. The highest BCUT2D eigenvalue weighted by molar-refractivity contribution is 5.96. The lowest BCUT2D eigenvalue weighted by atomic mass is 10.2. The van der Waals surface area contributed by atoms with Gasteiger partial charge in [-0.3, -0.25) is 9.78 Å². The largest absolute Gasteiger partial charge is 0.482 e. The molecule has 0 amide bonds. The Kier molecular flexibility index (Phi) is 3.28. The third kappa shape index (κ3) is 3.57. The van der Waals surface area contributed by atoms with Gasteiger partial charge in [-0.2, -0.15) is 13.2 Å². The van der Waals surface area contributed by atoms with Crippen LogP contribution in [-0.4, -0.2) is 23.6 Å². The van der Waals surface area contributed by atoms with Crippen molar-refractivity contribution in [1.82, 2.24) is 4.98 Å². The quantitative estimate of drug-likeness (QED) is 0.731. The molecule has 1 heterocycles. The number of carbonyl (C=O) groups is 1. The van der Waals surface area contributed by atoms with Crippen molar-refractivity contribution >= 4 is 5.78 Å². The fourth-order valence-electron chi connectivity index (χ4n) is 0.945. The molecule has 6 heteroatoms. The number of alkyl halides is 3. The molecule has 0 radical (unpaired) electrons. The minimum Gasteiger partial charge on any atom is -0.482 e. The molecular weight excluding hydrogens is 211 g/mol. The van der Waals surface area contributed by atoms with Gasteiger partial charge in [0.2, 0.25) is 0 Å². The molecule has 1 aromatic heterocycles. The lowest BCUT2D eigenvalue weighted by Crippen LogP contribution is -2.20. The molecule has 0 aliphatic heterocycles. The summed E-state index contributed by atoms with van der Waals surface area (Å²) in [7, 11) is 0. The van der Waals surface area contributed by atoms with E-state index in [4.69, 9.17) is 0 Å². The topological polar surface area (TPSA) is 39.2 Å². The van der Waals surface area contributed by atoms with Crippen molar-refractivity contribution in [3.8, 4) is 5.75 Å². The van der Waals surface area contributed by atoms with Gasteiger partial charge in [0.25, 0.3) is 0 Å². The third-order valence-electron chi connectivity index (χ3n) is 1.56. The Bertz CT molecular complexity index is 363. The average Bonchev–Trinajstić information content (AvgIpc) is 2.14. The van der Waals surface area contributed by atoms with E-state index in [-0.39, 0.29) is 17.1 Å². The van der Waals surface area contributed by atoms with Gasteiger partial charge in [0.05, 0.1) is 11.8 Å². The fraction of sp³-hybridized carbons (Fsp3) is 0.333. The number of rotatable bonds is 3. The number of ketones is 1. The Hall–Kier alpha value is -1.59. The van der Waals surface area contributed by atoms with E-state index in [2.05, 4.69) is 9.72 Å². The summed E-state index contributed by atoms with van der Waals surface area (Å²) in [5, 5.41) is 0. The molecule has 1 rings (SSSR count). The van der Waals surface area contributed by atoms with E-state index in [1.54, 1.807) is 0 Å². The zero-order valence-electron chi connectivity index (χ0n) is 7.84. The first-order valence-electron chi connectivity index (χ1n) is 4.04. The summed E-state index contributed by atoms with van der Waals surface area (Å²) in [6.07, 6.45) is -2.02. The van der Waals surface area contributed by atoms with Gasteiger partial charge in [0.15, 0.2) is 12.4 Å². The molecule has 0 fully saturated rings. The van der Waals surface area contributed by atoms with Crippen LogP contribution >= 0.6 is 0 Å². The second kappa shape index (κ2) is 4.29. The number of hydrogen-bond donors (Lipinski definition) is 0. The van der Waals surface area contributed by atoms with Crippen LogP contribution in [0.15, 0.2) is 18.5 Å². The van der Waals surface area contributed by atoms with Crippen molar-refractivity contribution in [2.24, 2.45) is 0 Å². The summed E-state index contributed by atoms with van der Waals surface area (Å²) in [6.45, 7) is -0.186. The lowest BCUT2D eigenvalue weighted by Gasteiger charge is -2.10. The van der Waals surface area contributed by atoms with Crippen molar-refractivity contribution in [2.45, 2.75) is 13.1 Å². The fourth-order valence-corrected chi connectivity index (χ4v) is 0.945. The second-order valence-corrected chi connectivity index (χ2v) is 2.83. The molecule has 0 aliphatic rings. The van der Waals surface area contributed by atoms with Crippen molar-refractivity contribution in [3.05, 3.63) is 24.0 Å². The van der Waals surface area contributed by atoms with E-state index < -0.39 is 12.8 Å². The van der Waals surface area contributed by atoms with Gasteiger partial charge < -0.3 is 4.74 Å². The van der Waals surface area contributed by atoms with Crippen molar-refractivity contribution < 1.29 is 22.7 Å². The van der Waals surface area contributed by atoms with Crippen LogP contribution in [0.25, 0.3) is 0 Å². The zero-order valence-corrected chi connectivity index (χ0v) is 7.84. The predicted molar refractivity (Wildman–Crippen MR) is 45.8 cm³/mol. The highest BCUT2D eigenvalue weighted by Gasteiger charge is 2.29. The summed E-state index contributed by atoms with van der Waals surface area (Å²) in [5.74, 6) is -0.517. The first-order valence-corrected chi connectivity index (χ1v) is 4.04. The van der Waals surface area contributed by atoms with Gasteiger partial charge in [0.1, 0.15) is 5.75 Å². The van der Waals surface area contributed by atoms with Crippen LogP contribution in [0.1, 0.15) is 17.3 Å². The van der Waals surface area contributed by atoms with E-state index in [0.717, 1.165) is 6.20 Å². The molecule has 3 nitrogen and oxygen atoms in total. The van der Waals surface area contributed by atoms with Crippen LogP contribution in [0.3, 0.4) is 0 Å². The van der Waals surface area contributed by atoms with Crippen LogP contribution in [0, 0.1) is 0 Å². The number of halogens is 3. The van der Waals surface area contributed by atoms with Gasteiger partial charge in [-0.25, -0.2) is 0 Å². The number of nitrogens with zero attached hydrogens (tertiary/aromatic N) is 1. The van der Waals surface area contributed by atoms with Crippen molar-refractivity contribution in [2.75, 3.05) is 6.61 Å². The minimum atomic E-state index is -4.43. The number of Topliss-reactive ketones (excluding diaryl/α,β-unsaturated/α-hetero) is 1. The van der Waals surface area contributed by atoms with E-state index >= 15 is 0 Å². The number of pyridine rings is 1. The molecule has 0 aliphatic carbocycles. The van der Waals surface area contributed by atoms with Gasteiger partial charge in [-0.05, 0) is 13.0 Å². The normalized spacial score (nSPS) is 11.2. The summed E-state index contributed by atoms with van der Waals surface area (Å²) in [4.78, 5) is 14.6. The molecule has 0 bridgehead atoms. The zero-order chi connectivity index (χ0) is 11.5. The maximum atomic E-state index is 11.8. The first kappa shape index (κ1) is 11.5. The monoisotopic (exact) mass is 219 g/mol. The Labute approximate surface area is 83.9 Å². The summed E-state index contributed by atoms with van der Waals surface area (Å²) in [6, 6.07) is 1.31. The minimum absolute atomic E-state index is 0.0919. The maximum absolute atomic E-state index is 11.8. The van der Waals surface area contributed by atoms with E-state index in [1.807, 2.05) is 0 Å². The predicted octanol–water partition coefficient (Wildman–Crippen LogP) is 2.23. The van der Waals surface area contributed by atoms with Gasteiger partial charge >= 0.3 is 6.18 Å². The summed E-state index contributed by atoms with van der Waals surface area (Å²) in [5.41, 5.74) is 0.0919. The summed E-state index contributed by atoms with van der Waals surface area (Å²) < 4.78 is 40.0. The van der Waals surface area contributed by atoms with Crippen LogP contribution in [0.5, 0.6) is 5.75 Å². The Morgan fingerprint density at radius 2 is 2.20 bits per heavy atom. The van der Waals surface area contributed by atoms with Gasteiger partial charge in [-0.15, -0.1) is 0 Å². The molecule has 0 N–H and O–H groups in total. The number of carbonyl (C=O) groups excluding carboxylic acids is 1. The average molecular weight is 219 g/mol. The van der Waals surface area contributed by atoms with Crippen molar-refractivity contribution in [3.63, 3.8) is 0 Å². The van der Waals surface area contributed by atoms with Gasteiger partial charge in [0, 0.05) is 6.20 Å². The molecule has 0 spiro atoms. The van der Waals surface area contributed by atoms with Crippen molar-refractivity contribution in [1.29, 1.82) is 0 Å². The van der Waals surface area contributed by atoms with Crippen LogP contribution in [-0.2, 0) is 0 Å².